The van der Waals surface area contributed by atoms with Gasteiger partial charge < -0.3 is 24.6 Å². The van der Waals surface area contributed by atoms with Gasteiger partial charge in [-0.3, -0.25) is 9.63 Å². The van der Waals surface area contributed by atoms with Crippen molar-refractivity contribution in [1.29, 1.82) is 0 Å². The van der Waals surface area contributed by atoms with Gasteiger partial charge in [-0.15, -0.1) is 0 Å². The van der Waals surface area contributed by atoms with E-state index in [0.29, 0.717) is 37.6 Å². The van der Waals surface area contributed by atoms with Gasteiger partial charge in [-0.25, -0.2) is 19.4 Å². The molecule has 0 unspecified atom stereocenters. The van der Waals surface area contributed by atoms with Crippen LogP contribution in [0.2, 0.25) is 0 Å². The number of carboxylic acid groups (broad SMARTS) is 2. The van der Waals surface area contributed by atoms with E-state index in [1.54, 1.807) is 7.11 Å². The Labute approximate surface area is 205 Å². The summed E-state index contributed by atoms with van der Waals surface area (Å²) >= 11 is 0. The van der Waals surface area contributed by atoms with E-state index in [1.807, 2.05) is 24.3 Å². The second-order valence-electron chi connectivity index (χ2n) is 8.56. The molecule has 0 bridgehead atoms. The lowest BCUT2D eigenvalue weighted by molar-refractivity contribution is -0.240. The van der Waals surface area contributed by atoms with E-state index in [9.17, 15) is 9.59 Å². The van der Waals surface area contributed by atoms with E-state index in [-0.39, 0.29) is 12.5 Å². The summed E-state index contributed by atoms with van der Waals surface area (Å²) in [5.74, 6) is -3.10. The SMILES string of the molecule is COC(=O)C1(N(OCc2ccccc2OC)C(C)=O)CCN(CCC(C)C)CC1.O=C(O)C(=O)O. The van der Waals surface area contributed by atoms with Crippen molar-refractivity contribution in [1.82, 2.24) is 9.96 Å². The molecule has 0 aromatic heterocycles. The number of esters is 1. The van der Waals surface area contributed by atoms with Crippen LogP contribution < -0.4 is 4.74 Å². The number of carbonyl (C=O) groups excluding carboxylic acids is 2. The number of hydroxylamine groups is 2. The molecule has 1 aromatic rings. The quantitative estimate of drug-likeness (QED) is 0.297. The van der Waals surface area contributed by atoms with Crippen LogP contribution in [0.15, 0.2) is 24.3 Å². The van der Waals surface area contributed by atoms with Gasteiger partial charge >= 0.3 is 17.9 Å². The number of carboxylic acids is 2. The Balaban J connectivity index is 0.000000905. The van der Waals surface area contributed by atoms with Crippen LogP contribution in [-0.2, 0) is 35.4 Å². The van der Waals surface area contributed by atoms with Crippen molar-refractivity contribution in [3.8, 4) is 5.75 Å². The van der Waals surface area contributed by atoms with Crippen molar-refractivity contribution in [2.75, 3.05) is 33.9 Å². The van der Waals surface area contributed by atoms with E-state index >= 15 is 0 Å². The number of rotatable bonds is 9. The molecule has 196 valence electrons. The van der Waals surface area contributed by atoms with Crippen molar-refractivity contribution in [2.24, 2.45) is 5.92 Å². The van der Waals surface area contributed by atoms with E-state index in [4.69, 9.17) is 34.1 Å². The second-order valence-corrected chi connectivity index (χ2v) is 8.56. The van der Waals surface area contributed by atoms with E-state index in [2.05, 4.69) is 18.7 Å². The summed E-state index contributed by atoms with van der Waals surface area (Å²) in [5, 5.41) is 16.0. The predicted molar refractivity (Wildman–Crippen MR) is 125 cm³/mol. The molecule has 0 radical (unpaired) electrons. The summed E-state index contributed by atoms with van der Waals surface area (Å²) in [6.45, 7) is 8.35. The van der Waals surface area contributed by atoms with Gasteiger partial charge in [0.05, 0.1) is 14.2 Å². The highest BCUT2D eigenvalue weighted by molar-refractivity contribution is 6.27. The van der Waals surface area contributed by atoms with E-state index < -0.39 is 23.4 Å². The van der Waals surface area contributed by atoms with Crippen molar-refractivity contribution < 1.29 is 43.7 Å². The summed E-state index contributed by atoms with van der Waals surface area (Å²) < 4.78 is 10.5. The first-order valence-electron chi connectivity index (χ1n) is 11.3. The molecule has 0 atom stereocenters. The molecular formula is C24H36N2O9. The van der Waals surface area contributed by atoms with Gasteiger partial charge in [0.15, 0.2) is 5.54 Å². The molecule has 2 rings (SSSR count). The molecule has 35 heavy (non-hydrogen) atoms. The second kappa shape index (κ2) is 14.3. The van der Waals surface area contributed by atoms with Crippen LogP contribution in [0, 0.1) is 5.92 Å². The molecule has 1 aromatic carbocycles. The summed E-state index contributed by atoms with van der Waals surface area (Å²) in [6.07, 6.45) is 2.05. The lowest BCUT2D eigenvalue weighted by atomic mass is 9.86. The molecule has 11 heteroatoms. The number of ether oxygens (including phenoxy) is 2. The standard InChI is InChI=1S/C22H34N2O5.C2H2O4/c1-17(2)10-13-23-14-11-22(12-15-23,21(26)28-5)24(18(3)25)29-16-19-8-6-7-9-20(19)27-4;3-1(4)2(5)6/h6-9,17H,10-16H2,1-5H3;(H,3,4)(H,5,6). The molecule has 1 amide bonds. The van der Waals surface area contributed by atoms with Gasteiger partial charge in [0, 0.05) is 25.6 Å². The highest BCUT2D eigenvalue weighted by atomic mass is 16.7. The third-order valence-corrected chi connectivity index (χ3v) is 5.67. The van der Waals surface area contributed by atoms with Gasteiger partial charge in [0.25, 0.3) is 0 Å². The smallest absolute Gasteiger partial charge is 0.414 e. The van der Waals surface area contributed by atoms with Crippen LogP contribution in [0.3, 0.4) is 0 Å². The number of methoxy groups -OCH3 is 2. The largest absolute Gasteiger partial charge is 0.496 e. The zero-order valence-corrected chi connectivity index (χ0v) is 21.0. The van der Waals surface area contributed by atoms with Crippen molar-refractivity contribution in [2.45, 2.75) is 52.2 Å². The fourth-order valence-electron chi connectivity index (χ4n) is 3.74. The molecule has 11 nitrogen and oxygen atoms in total. The molecular weight excluding hydrogens is 460 g/mol. The first kappa shape index (κ1) is 29.9. The first-order valence-corrected chi connectivity index (χ1v) is 11.3. The average molecular weight is 497 g/mol. The average Bonchev–Trinajstić information content (AvgIpc) is 2.83. The normalized spacial score (nSPS) is 14.9. The fourth-order valence-corrected chi connectivity index (χ4v) is 3.74. The zero-order valence-electron chi connectivity index (χ0n) is 21.0. The summed E-state index contributed by atoms with van der Waals surface area (Å²) in [5.41, 5.74) is -0.313. The lowest BCUT2D eigenvalue weighted by Crippen LogP contribution is -2.61. The first-order chi connectivity index (χ1) is 16.5. The lowest BCUT2D eigenvalue weighted by Gasteiger charge is -2.45. The molecule has 1 heterocycles. The zero-order chi connectivity index (χ0) is 26.6. The predicted octanol–water partition coefficient (Wildman–Crippen LogP) is 2.18. The summed E-state index contributed by atoms with van der Waals surface area (Å²) in [6, 6.07) is 7.45. The van der Waals surface area contributed by atoms with E-state index in [0.717, 1.165) is 18.5 Å². The van der Waals surface area contributed by atoms with Crippen LogP contribution in [0.4, 0.5) is 0 Å². The summed E-state index contributed by atoms with van der Waals surface area (Å²) in [4.78, 5) is 51.7. The topological polar surface area (TPSA) is 143 Å². The number of piperidine rings is 1. The molecule has 1 aliphatic heterocycles. The number of hydrogen-bond donors (Lipinski definition) is 2. The Morgan fingerprint density at radius 1 is 1.06 bits per heavy atom. The van der Waals surface area contributed by atoms with Gasteiger partial charge in [-0.1, -0.05) is 32.0 Å². The number of amides is 1. The van der Waals surface area contributed by atoms with Gasteiger partial charge in [0.2, 0.25) is 5.91 Å². The number of para-hydroxylation sites is 1. The molecule has 0 saturated carbocycles. The Bertz CT molecular complexity index is 852. The van der Waals surface area contributed by atoms with Gasteiger partial charge in [-0.2, -0.15) is 0 Å². The van der Waals surface area contributed by atoms with Gasteiger partial charge in [-0.05, 0) is 37.8 Å². The van der Waals surface area contributed by atoms with Crippen LogP contribution in [0.25, 0.3) is 0 Å². The van der Waals surface area contributed by atoms with Gasteiger partial charge in [0.1, 0.15) is 12.4 Å². The van der Waals surface area contributed by atoms with E-state index in [1.165, 1.54) is 19.1 Å². The third-order valence-electron chi connectivity index (χ3n) is 5.67. The molecule has 0 aliphatic carbocycles. The number of hydrogen-bond acceptors (Lipinski definition) is 8. The minimum absolute atomic E-state index is 0.124. The van der Waals surface area contributed by atoms with Crippen LogP contribution in [-0.4, -0.2) is 83.4 Å². The number of aliphatic carboxylic acids is 2. The molecule has 1 saturated heterocycles. The molecule has 1 aliphatic rings. The highest BCUT2D eigenvalue weighted by Gasteiger charge is 2.50. The Morgan fingerprint density at radius 3 is 2.09 bits per heavy atom. The number of benzene rings is 1. The summed E-state index contributed by atoms with van der Waals surface area (Å²) in [7, 11) is 2.94. The van der Waals surface area contributed by atoms with Crippen LogP contribution >= 0.6 is 0 Å². The van der Waals surface area contributed by atoms with Crippen molar-refractivity contribution in [3.05, 3.63) is 29.8 Å². The number of nitrogens with zero attached hydrogens (tertiary/aromatic N) is 2. The molecule has 1 fully saturated rings. The van der Waals surface area contributed by atoms with Crippen molar-refractivity contribution in [3.63, 3.8) is 0 Å². The maximum absolute atomic E-state index is 12.8. The number of likely N-dealkylation sites (tertiary alicyclic amines) is 1. The Hall–Kier alpha value is -3.18. The number of carbonyl (C=O) groups is 4. The minimum Gasteiger partial charge on any atom is -0.496 e. The molecule has 0 spiro atoms. The molecule has 2 N–H and O–H groups in total. The third kappa shape index (κ3) is 8.84. The fraction of sp³-hybridized carbons (Fsp3) is 0.583. The highest BCUT2D eigenvalue weighted by Crippen LogP contribution is 2.32. The monoisotopic (exact) mass is 496 g/mol. The van der Waals surface area contributed by atoms with Crippen molar-refractivity contribution >= 4 is 23.8 Å². The Kier molecular flexibility index (Phi) is 12.2. The minimum atomic E-state index is -1.82. The maximum atomic E-state index is 12.8. The maximum Gasteiger partial charge on any atom is 0.414 e. The van der Waals surface area contributed by atoms with Crippen LogP contribution in [0.1, 0.15) is 45.6 Å². The van der Waals surface area contributed by atoms with Crippen LogP contribution in [0.5, 0.6) is 5.75 Å². The Morgan fingerprint density at radius 2 is 1.63 bits per heavy atom.